The van der Waals surface area contributed by atoms with Crippen LogP contribution in [0.5, 0.6) is 0 Å². The molecule has 0 spiro atoms. The van der Waals surface area contributed by atoms with E-state index in [0.717, 1.165) is 0 Å². The molecule has 8 nitrogen and oxygen atoms in total. The minimum Gasteiger partial charge on any atom is -0.375 e. The van der Waals surface area contributed by atoms with Crippen molar-refractivity contribution in [2.75, 3.05) is 24.2 Å². The van der Waals surface area contributed by atoms with Gasteiger partial charge in [-0.05, 0) is 24.3 Å². The maximum Gasteiger partial charge on any atom is 0.250 e. The van der Waals surface area contributed by atoms with Gasteiger partial charge in [0, 0.05) is 36.1 Å². The van der Waals surface area contributed by atoms with Crippen molar-refractivity contribution in [2.45, 2.75) is 0 Å². The number of anilines is 3. The highest BCUT2D eigenvalue weighted by Gasteiger charge is 2.10. The van der Waals surface area contributed by atoms with E-state index in [2.05, 4.69) is 25.9 Å². The summed E-state index contributed by atoms with van der Waals surface area (Å²) in [5.41, 5.74) is 2.28. The van der Waals surface area contributed by atoms with Gasteiger partial charge in [-0.1, -0.05) is 11.6 Å². The molecule has 0 aliphatic rings. The van der Waals surface area contributed by atoms with Crippen molar-refractivity contribution in [2.24, 2.45) is 0 Å². The Morgan fingerprint density at radius 3 is 2.85 bits per heavy atom. The zero-order valence-corrected chi connectivity index (χ0v) is 15.0. The molecule has 0 bridgehead atoms. The van der Waals surface area contributed by atoms with Gasteiger partial charge >= 0.3 is 0 Å². The minimum absolute atomic E-state index is 0.0330. The zero-order chi connectivity index (χ0) is 19.4. The van der Waals surface area contributed by atoms with Gasteiger partial charge < -0.3 is 20.9 Å². The Balaban J connectivity index is 2.00. The zero-order valence-electron chi connectivity index (χ0n) is 14.3. The third kappa shape index (κ3) is 3.99. The summed E-state index contributed by atoms with van der Waals surface area (Å²) in [4.78, 5) is 30.0. The lowest BCUT2D eigenvalue weighted by molar-refractivity contribution is -0.118. The van der Waals surface area contributed by atoms with E-state index < -0.39 is 0 Å². The SMILES string of the molecule is CNC(=O)CNc1cc(=O)[nH]c2ccc(Nc3ccnc(Cl)c3C#N)cc12. The van der Waals surface area contributed by atoms with Crippen LogP contribution in [-0.4, -0.2) is 29.5 Å². The van der Waals surface area contributed by atoms with Crippen LogP contribution in [0.15, 0.2) is 41.3 Å². The van der Waals surface area contributed by atoms with E-state index in [-0.39, 0.29) is 28.7 Å². The number of aromatic nitrogens is 2. The number of halogens is 1. The first-order valence-corrected chi connectivity index (χ1v) is 8.33. The van der Waals surface area contributed by atoms with Crippen LogP contribution in [-0.2, 0) is 4.79 Å². The van der Waals surface area contributed by atoms with Crippen molar-refractivity contribution >= 4 is 45.5 Å². The number of hydrogen-bond donors (Lipinski definition) is 4. The molecule has 2 heterocycles. The summed E-state index contributed by atoms with van der Waals surface area (Å²) >= 11 is 5.96. The maximum atomic E-state index is 11.8. The molecular weight excluding hydrogens is 368 g/mol. The molecule has 27 heavy (non-hydrogen) atoms. The Bertz CT molecular complexity index is 1120. The Morgan fingerprint density at radius 2 is 2.11 bits per heavy atom. The van der Waals surface area contributed by atoms with Crippen LogP contribution in [0, 0.1) is 11.3 Å². The number of fused-ring (bicyclic) bond motifs is 1. The summed E-state index contributed by atoms with van der Waals surface area (Å²) < 4.78 is 0. The molecule has 4 N–H and O–H groups in total. The fourth-order valence-corrected chi connectivity index (χ4v) is 2.74. The fraction of sp³-hybridized carbons (Fsp3) is 0.111. The topological polar surface area (TPSA) is 123 Å². The van der Waals surface area contributed by atoms with E-state index in [1.807, 2.05) is 6.07 Å². The lowest BCUT2D eigenvalue weighted by Crippen LogP contribution is -2.26. The van der Waals surface area contributed by atoms with Gasteiger partial charge in [0.1, 0.15) is 16.8 Å². The van der Waals surface area contributed by atoms with Gasteiger partial charge in [0.25, 0.3) is 0 Å². The Morgan fingerprint density at radius 1 is 1.30 bits per heavy atom. The number of carbonyl (C=O) groups is 1. The minimum atomic E-state index is -0.282. The summed E-state index contributed by atoms with van der Waals surface area (Å²) in [6.07, 6.45) is 1.50. The number of rotatable bonds is 5. The molecule has 0 radical (unpaired) electrons. The number of nitrogens with one attached hydrogen (secondary N) is 4. The molecule has 1 aromatic carbocycles. The molecule has 0 atom stereocenters. The van der Waals surface area contributed by atoms with Crippen LogP contribution >= 0.6 is 11.6 Å². The molecule has 136 valence electrons. The van der Waals surface area contributed by atoms with Crippen molar-refractivity contribution in [3.8, 4) is 6.07 Å². The standard InChI is InChI=1S/C18H15ClN6O2/c1-21-17(27)9-23-15-7-16(26)25-13-3-2-10(6-11(13)15)24-14-4-5-22-18(19)12(14)8-20/h2-7H,9H2,1H3,(H,21,27)(H,22,24)(H2,23,25,26). The molecule has 1 amide bonds. The first kappa shape index (κ1) is 18.2. The van der Waals surface area contributed by atoms with Gasteiger partial charge in [-0.2, -0.15) is 5.26 Å². The molecule has 0 aliphatic heterocycles. The number of likely N-dealkylation sites (N-methyl/N-ethyl adjacent to an activating group) is 1. The first-order valence-electron chi connectivity index (χ1n) is 7.95. The van der Waals surface area contributed by atoms with Crippen LogP contribution in [0.3, 0.4) is 0 Å². The number of H-pyrrole nitrogens is 1. The molecular formula is C18H15ClN6O2. The summed E-state index contributed by atoms with van der Waals surface area (Å²) in [5, 5.41) is 18.7. The third-order valence-corrected chi connectivity index (χ3v) is 4.14. The number of nitrogens with zero attached hydrogens (tertiary/aromatic N) is 2. The number of benzene rings is 1. The van der Waals surface area contributed by atoms with Gasteiger partial charge in [0.2, 0.25) is 11.5 Å². The lowest BCUT2D eigenvalue weighted by Gasteiger charge is -2.12. The summed E-state index contributed by atoms with van der Waals surface area (Å²) in [5.74, 6) is -0.206. The van der Waals surface area contributed by atoms with Crippen LogP contribution in [0.2, 0.25) is 5.15 Å². The Kier molecular flexibility index (Phi) is 5.24. The van der Waals surface area contributed by atoms with Crippen molar-refractivity contribution in [1.29, 1.82) is 5.26 Å². The lowest BCUT2D eigenvalue weighted by atomic mass is 10.1. The van der Waals surface area contributed by atoms with E-state index >= 15 is 0 Å². The summed E-state index contributed by atoms with van der Waals surface area (Å²) in [7, 11) is 1.54. The van der Waals surface area contributed by atoms with Crippen LogP contribution < -0.4 is 21.5 Å². The molecule has 9 heteroatoms. The number of hydrogen-bond acceptors (Lipinski definition) is 6. The van der Waals surface area contributed by atoms with Gasteiger partial charge in [0.15, 0.2) is 0 Å². The number of nitriles is 1. The van der Waals surface area contributed by atoms with Gasteiger partial charge in [0.05, 0.1) is 17.7 Å². The van der Waals surface area contributed by atoms with Crippen molar-refractivity contribution < 1.29 is 4.79 Å². The molecule has 3 rings (SSSR count). The molecule has 0 saturated heterocycles. The molecule has 2 aromatic heterocycles. The van der Waals surface area contributed by atoms with Crippen molar-refractivity contribution in [3.63, 3.8) is 0 Å². The highest BCUT2D eigenvalue weighted by molar-refractivity contribution is 6.31. The highest BCUT2D eigenvalue weighted by Crippen LogP contribution is 2.28. The van der Waals surface area contributed by atoms with E-state index in [9.17, 15) is 14.9 Å². The van der Waals surface area contributed by atoms with E-state index in [1.54, 1.807) is 24.3 Å². The smallest absolute Gasteiger partial charge is 0.250 e. The summed E-state index contributed by atoms with van der Waals surface area (Å²) in [6.45, 7) is 0.0330. The predicted molar refractivity (Wildman–Crippen MR) is 104 cm³/mol. The van der Waals surface area contributed by atoms with E-state index in [4.69, 9.17) is 11.6 Å². The monoisotopic (exact) mass is 382 g/mol. The number of aromatic amines is 1. The van der Waals surface area contributed by atoms with Gasteiger partial charge in [-0.3, -0.25) is 9.59 Å². The highest BCUT2D eigenvalue weighted by atomic mass is 35.5. The van der Waals surface area contributed by atoms with Gasteiger partial charge in [-0.15, -0.1) is 0 Å². The van der Waals surface area contributed by atoms with Crippen LogP contribution in [0.1, 0.15) is 5.56 Å². The second-order valence-electron chi connectivity index (χ2n) is 5.60. The second kappa shape index (κ2) is 7.76. The average molecular weight is 383 g/mol. The molecule has 0 fully saturated rings. The largest absolute Gasteiger partial charge is 0.375 e. The number of pyridine rings is 2. The summed E-state index contributed by atoms with van der Waals surface area (Å²) in [6, 6.07) is 10.3. The van der Waals surface area contributed by atoms with Crippen LogP contribution in [0.4, 0.5) is 17.1 Å². The second-order valence-corrected chi connectivity index (χ2v) is 5.95. The molecule has 0 saturated carbocycles. The predicted octanol–water partition coefficient (Wildman–Crippen LogP) is 2.35. The van der Waals surface area contributed by atoms with Crippen molar-refractivity contribution in [1.82, 2.24) is 15.3 Å². The fourth-order valence-electron chi connectivity index (χ4n) is 2.54. The average Bonchev–Trinajstić information content (AvgIpc) is 2.66. The molecule has 0 unspecified atom stereocenters. The molecule has 3 aromatic rings. The normalized spacial score (nSPS) is 10.3. The van der Waals surface area contributed by atoms with Crippen LogP contribution in [0.25, 0.3) is 10.9 Å². The third-order valence-electron chi connectivity index (χ3n) is 3.86. The maximum absolute atomic E-state index is 11.8. The van der Waals surface area contributed by atoms with Gasteiger partial charge in [-0.25, -0.2) is 4.98 Å². The van der Waals surface area contributed by atoms with Crippen molar-refractivity contribution in [3.05, 3.63) is 57.6 Å². The van der Waals surface area contributed by atoms with E-state index in [0.29, 0.717) is 28.0 Å². The number of amides is 1. The number of carbonyl (C=O) groups excluding carboxylic acids is 1. The van der Waals surface area contributed by atoms with E-state index in [1.165, 1.54) is 19.3 Å². The Hall–Kier alpha value is -3.57. The molecule has 0 aliphatic carbocycles. The first-order chi connectivity index (χ1) is 13.0. The Labute approximate surface area is 159 Å². The quantitative estimate of drug-likeness (QED) is 0.502.